The van der Waals surface area contributed by atoms with E-state index in [0.717, 1.165) is 24.8 Å². The van der Waals surface area contributed by atoms with Crippen molar-refractivity contribution in [3.63, 3.8) is 0 Å². The van der Waals surface area contributed by atoms with Gasteiger partial charge < -0.3 is 0 Å². The van der Waals surface area contributed by atoms with Crippen LogP contribution in [0.15, 0.2) is 230 Å². The SMILES string of the molecule is C=C1/C=C(/c2cccc(C)c2)c2ccccc2Cc2ccccc21.Cc1ccc2c(c1)C(C)(C)C1=C2C=CC(C)(C2=CCCC=C2)C1.Cc1cccc(-c2cc(C)c(Cc3ccccc3)c3ccccc23)c1. The molecule has 0 saturated heterocycles. The zero-order valence-corrected chi connectivity index (χ0v) is 43.4. The topological polar surface area (TPSA) is 0 Å². The van der Waals surface area contributed by atoms with Crippen LogP contribution >= 0.6 is 0 Å². The van der Waals surface area contributed by atoms with Crippen molar-refractivity contribution >= 4 is 27.5 Å². The van der Waals surface area contributed by atoms with E-state index >= 15 is 0 Å². The van der Waals surface area contributed by atoms with Crippen LogP contribution in [-0.2, 0) is 18.3 Å². The van der Waals surface area contributed by atoms with Gasteiger partial charge in [0.2, 0.25) is 0 Å². The maximum absolute atomic E-state index is 4.35. The van der Waals surface area contributed by atoms with Crippen molar-refractivity contribution < 1.29 is 0 Å². The highest BCUT2D eigenvalue weighted by Gasteiger charge is 2.42. The largest absolute Gasteiger partial charge is 0.0911 e. The molecule has 1 atom stereocenters. The second kappa shape index (κ2) is 20.3. The molecule has 4 aliphatic rings. The van der Waals surface area contributed by atoms with Crippen LogP contribution in [0, 0.1) is 33.1 Å². The smallest absolute Gasteiger partial charge is 0.0141 e. The quantitative estimate of drug-likeness (QED) is 0.161. The van der Waals surface area contributed by atoms with E-state index in [-0.39, 0.29) is 10.8 Å². The molecule has 0 bridgehead atoms. The molecule has 0 saturated carbocycles. The van der Waals surface area contributed by atoms with Crippen LogP contribution in [0.5, 0.6) is 0 Å². The molecule has 1 unspecified atom stereocenters. The molecule has 0 fully saturated rings. The molecule has 12 rings (SSSR count). The third-order valence-electron chi connectivity index (χ3n) is 15.7. The molecule has 72 heavy (non-hydrogen) atoms. The lowest BCUT2D eigenvalue weighted by molar-refractivity contribution is 0.466. The van der Waals surface area contributed by atoms with E-state index in [1.165, 1.54) is 124 Å². The van der Waals surface area contributed by atoms with Gasteiger partial charge in [-0.2, -0.15) is 0 Å². The third-order valence-corrected chi connectivity index (χ3v) is 15.7. The van der Waals surface area contributed by atoms with E-state index in [4.69, 9.17) is 0 Å². The van der Waals surface area contributed by atoms with Crippen molar-refractivity contribution in [1.29, 1.82) is 0 Å². The molecule has 0 radical (unpaired) electrons. The van der Waals surface area contributed by atoms with Gasteiger partial charge in [-0.1, -0.05) is 256 Å². The number of allylic oxidation sites excluding steroid dienone is 10. The lowest BCUT2D eigenvalue weighted by Crippen LogP contribution is -2.26. The van der Waals surface area contributed by atoms with Crippen LogP contribution in [0.4, 0.5) is 0 Å². The number of hydrogen-bond acceptors (Lipinski definition) is 0. The molecule has 8 aromatic rings. The first-order chi connectivity index (χ1) is 34.9. The molecular formula is C72H68. The van der Waals surface area contributed by atoms with E-state index < -0.39 is 0 Å². The Morgan fingerprint density at radius 3 is 1.89 bits per heavy atom. The van der Waals surface area contributed by atoms with Gasteiger partial charge in [0, 0.05) is 10.8 Å². The van der Waals surface area contributed by atoms with Crippen LogP contribution in [0.3, 0.4) is 0 Å². The lowest BCUT2D eigenvalue weighted by atomic mass is 9.67. The molecule has 0 N–H and O–H groups in total. The van der Waals surface area contributed by atoms with E-state index in [1.54, 1.807) is 5.57 Å². The molecule has 0 nitrogen and oxygen atoms in total. The molecule has 0 spiro atoms. The Hall–Kier alpha value is -7.54. The zero-order chi connectivity index (χ0) is 50.0. The number of aryl methyl sites for hydroxylation is 4. The highest BCUT2D eigenvalue weighted by Crippen LogP contribution is 2.55. The van der Waals surface area contributed by atoms with Gasteiger partial charge in [0.1, 0.15) is 0 Å². The normalized spacial score (nSPS) is 17.8. The summed E-state index contributed by atoms with van der Waals surface area (Å²) in [6.07, 6.45) is 19.6. The molecule has 0 heteroatoms. The lowest BCUT2D eigenvalue weighted by Gasteiger charge is -2.37. The summed E-state index contributed by atoms with van der Waals surface area (Å²) in [5.74, 6) is 0. The summed E-state index contributed by atoms with van der Waals surface area (Å²) in [5, 5.41) is 2.70. The molecule has 0 amide bonds. The summed E-state index contributed by atoms with van der Waals surface area (Å²) in [4.78, 5) is 0. The maximum Gasteiger partial charge on any atom is 0.0141 e. The fourth-order valence-electron chi connectivity index (χ4n) is 11.7. The van der Waals surface area contributed by atoms with E-state index in [2.05, 4.69) is 267 Å². The minimum Gasteiger partial charge on any atom is -0.0911 e. The predicted octanol–water partition coefficient (Wildman–Crippen LogP) is 19.0. The van der Waals surface area contributed by atoms with Crippen molar-refractivity contribution in [1.82, 2.24) is 0 Å². The van der Waals surface area contributed by atoms with Crippen LogP contribution in [0.25, 0.3) is 38.6 Å². The van der Waals surface area contributed by atoms with Crippen LogP contribution in [0.2, 0.25) is 0 Å². The summed E-state index contributed by atoms with van der Waals surface area (Å²) < 4.78 is 0. The molecule has 0 aliphatic heterocycles. The molecule has 8 aromatic carbocycles. The van der Waals surface area contributed by atoms with Crippen molar-refractivity contribution in [2.24, 2.45) is 5.41 Å². The van der Waals surface area contributed by atoms with Crippen molar-refractivity contribution in [3.8, 4) is 11.1 Å². The Kier molecular flexibility index (Phi) is 13.6. The third kappa shape index (κ3) is 9.76. The minimum absolute atomic E-state index is 0.141. The highest BCUT2D eigenvalue weighted by molar-refractivity contribution is 6.00. The van der Waals surface area contributed by atoms with Crippen molar-refractivity contribution in [3.05, 3.63) is 302 Å². The summed E-state index contributed by atoms with van der Waals surface area (Å²) in [7, 11) is 0. The number of hydrogen-bond donors (Lipinski definition) is 0. The number of fused-ring (bicyclic) bond motifs is 5. The Balaban J connectivity index is 0.000000124. The minimum atomic E-state index is 0.141. The van der Waals surface area contributed by atoms with Gasteiger partial charge in [0.05, 0.1) is 0 Å². The number of benzene rings is 8. The van der Waals surface area contributed by atoms with Crippen LogP contribution in [0.1, 0.15) is 112 Å². The standard InChI is InChI=1S/C25H22.C24H20.C23H26/c1-18-9-8-12-21(15-18)25-16-19(2)24(17-20-10-4-3-5-11-20)22-13-6-7-14-23(22)25;1-17-8-7-11-19(14-17)24-15-18(2)22-12-5-3-9-20(22)16-21-10-4-6-13-23(21)24;1-16-10-11-18-19-12-13-23(4,17-8-6-5-7-9-17)15-21(19)22(2,3)20(18)14-16/h3-16H,17H2,1-2H3;3-15H,2,16H2,1H3;6,8-14H,5,7,15H2,1-4H3/b;24-15-;. The first-order valence-electron chi connectivity index (χ1n) is 26.0. The molecule has 0 heterocycles. The molecular weight excluding hydrogens is 865 g/mol. The summed E-state index contributed by atoms with van der Waals surface area (Å²) in [6, 6.07) is 63.7. The van der Waals surface area contributed by atoms with Gasteiger partial charge in [0.25, 0.3) is 0 Å². The Morgan fingerprint density at radius 2 is 1.17 bits per heavy atom. The van der Waals surface area contributed by atoms with E-state index in [9.17, 15) is 0 Å². The van der Waals surface area contributed by atoms with Gasteiger partial charge >= 0.3 is 0 Å². The Bertz CT molecular complexity index is 3520. The maximum atomic E-state index is 4.35. The Morgan fingerprint density at radius 1 is 0.528 bits per heavy atom. The second-order valence-corrected chi connectivity index (χ2v) is 21.4. The second-order valence-electron chi connectivity index (χ2n) is 21.4. The van der Waals surface area contributed by atoms with Crippen molar-refractivity contribution in [2.75, 3.05) is 0 Å². The first kappa shape index (κ1) is 48.1. The highest BCUT2D eigenvalue weighted by atomic mass is 14.5. The van der Waals surface area contributed by atoms with Gasteiger partial charge in [-0.3, -0.25) is 0 Å². The molecule has 356 valence electrons. The predicted molar refractivity (Wildman–Crippen MR) is 311 cm³/mol. The van der Waals surface area contributed by atoms with Gasteiger partial charge in [-0.15, -0.1) is 0 Å². The van der Waals surface area contributed by atoms with Crippen LogP contribution < -0.4 is 0 Å². The molecule has 4 aliphatic carbocycles. The van der Waals surface area contributed by atoms with E-state index in [0.29, 0.717) is 0 Å². The Labute approximate surface area is 430 Å². The fraction of sp³-hybridized carbons (Fsp3) is 0.194. The van der Waals surface area contributed by atoms with Crippen LogP contribution in [-0.4, -0.2) is 0 Å². The fourth-order valence-corrected chi connectivity index (χ4v) is 11.7. The van der Waals surface area contributed by atoms with Gasteiger partial charge in [0.15, 0.2) is 0 Å². The number of rotatable bonds is 5. The first-order valence-corrected chi connectivity index (χ1v) is 26.0. The molecule has 0 aromatic heterocycles. The summed E-state index contributed by atoms with van der Waals surface area (Å²) >= 11 is 0. The van der Waals surface area contributed by atoms with Gasteiger partial charge in [-0.05, 0) is 166 Å². The van der Waals surface area contributed by atoms with Gasteiger partial charge in [-0.25, -0.2) is 0 Å². The monoisotopic (exact) mass is 933 g/mol. The average molecular weight is 933 g/mol. The summed E-state index contributed by atoms with van der Waals surface area (Å²) in [6.45, 7) is 20.3. The zero-order valence-electron chi connectivity index (χ0n) is 43.4. The van der Waals surface area contributed by atoms with Crippen molar-refractivity contribution in [2.45, 2.75) is 86.0 Å². The van der Waals surface area contributed by atoms with E-state index in [1.807, 2.05) is 0 Å². The summed E-state index contributed by atoms with van der Waals surface area (Å²) in [5.41, 5.74) is 27.4. The average Bonchev–Trinajstić information content (AvgIpc) is 3.60.